The first-order chi connectivity index (χ1) is 7.19. The molecule has 1 aromatic rings. The number of alkyl halides is 1. The van der Waals surface area contributed by atoms with E-state index in [0.29, 0.717) is 5.88 Å². The summed E-state index contributed by atoms with van der Waals surface area (Å²) in [5.74, 6) is 1.26. The predicted octanol–water partition coefficient (Wildman–Crippen LogP) is 2.76. The minimum absolute atomic E-state index is 0.477. The second kappa shape index (κ2) is 5.91. The molecule has 0 spiro atoms. The molecule has 0 saturated heterocycles. The fraction of sp³-hybridized carbons (Fsp3) is 0.636. The Labute approximate surface area is 96.5 Å². The van der Waals surface area contributed by atoms with Crippen molar-refractivity contribution < 1.29 is 0 Å². The van der Waals surface area contributed by atoms with Crippen LogP contribution in [-0.4, -0.2) is 23.6 Å². The molecule has 0 aromatic carbocycles. The molecule has 0 fully saturated rings. The van der Waals surface area contributed by atoms with Crippen molar-refractivity contribution in [2.45, 2.75) is 32.6 Å². The van der Waals surface area contributed by atoms with E-state index >= 15 is 0 Å². The average Bonchev–Trinajstić information content (AvgIpc) is 2.25. The molecule has 3 nitrogen and oxygen atoms in total. The van der Waals surface area contributed by atoms with E-state index in [9.17, 15) is 0 Å². The zero-order valence-corrected chi connectivity index (χ0v) is 10.4. The summed E-state index contributed by atoms with van der Waals surface area (Å²) in [6.45, 7) is 5.14. The van der Waals surface area contributed by atoms with Gasteiger partial charge in [-0.25, -0.2) is 9.97 Å². The van der Waals surface area contributed by atoms with Crippen LogP contribution in [0.4, 0.5) is 5.95 Å². The van der Waals surface area contributed by atoms with Crippen molar-refractivity contribution in [2.24, 2.45) is 0 Å². The summed E-state index contributed by atoms with van der Waals surface area (Å²) in [5.41, 5.74) is 1.97. The summed E-state index contributed by atoms with van der Waals surface area (Å²) in [7, 11) is 2.02. The number of hydrogen-bond donors (Lipinski definition) is 0. The van der Waals surface area contributed by atoms with E-state index in [-0.39, 0.29) is 0 Å². The van der Waals surface area contributed by atoms with Gasteiger partial charge in [0.2, 0.25) is 5.95 Å². The largest absolute Gasteiger partial charge is 0.344 e. The van der Waals surface area contributed by atoms with E-state index < -0.39 is 0 Å². The smallest absolute Gasteiger partial charge is 0.225 e. The molecule has 4 heteroatoms. The first-order valence-electron chi connectivity index (χ1n) is 5.28. The van der Waals surface area contributed by atoms with E-state index in [1.165, 1.54) is 6.42 Å². The second-order valence-corrected chi connectivity index (χ2v) is 3.96. The lowest BCUT2D eigenvalue weighted by Crippen LogP contribution is -2.21. The lowest BCUT2D eigenvalue weighted by atomic mass is 10.3. The molecule has 0 aliphatic rings. The Morgan fingerprint density at radius 1 is 1.47 bits per heavy atom. The molecule has 1 aromatic heterocycles. The van der Waals surface area contributed by atoms with Crippen molar-refractivity contribution in [2.75, 3.05) is 18.5 Å². The Hall–Kier alpha value is -0.830. The molecule has 0 amide bonds. The lowest BCUT2D eigenvalue weighted by Gasteiger charge is -2.17. The molecule has 0 unspecified atom stereocenters. The maximum absolute atomic E-state index is 5.75. The van der Waals surface area contributed by atoms with Gasteiger partial charge in [-0.05, 0) is 13.3 Å². The summed E-state index contributed by atoms with van der Waals surface area (Å²) >= 11 is 5.75. The second-order valence-electron chi connectivity index (χ2n) is 3.69. The van der Waals surface area contributed by atoms with E-state index in [1.54, 1.807) is 0 Å². The monoisotopic (exact) mass is 227 g/mol. The fourth-order valence-corrected chi connectivity index (χ4v) is 1.55. The predicted molar refractivity (Wildman–Crippen MR) is 64.5 cm³/mol. The van der Waals surface area contributed by atoms with Gasteiger partial charge in [-0.1, -0.05) is 13.3 Å². The third-order valence-corrected chi connectivity index (χ3v) is 2.69. The molecule has 0 radical (unpaired) electrons. The highest BCUT2D eigenvalue weighted by molar-refractivity contribution is 6.17. The molecular weight excluding hydrogens is 210 g/mol. The number of hydrogen-bond acceptors (Lipinski definition) is 3. The molecule has 0 aliphatic carbocycles. The summed E-state index contributed by atoms with van der Waals surface area (Å²) in [6, 6.07) is 0. The first kappa shape index (κ1) is 12.2. The van der Waals surface area contributed by atoms with Crippen molar-refractivity contribution in [3.05, 3.63) is 17.5 Å². The average molecular weight is 228 g/mol. The summed E-state index contributed by atoms with van der Waals surface area (Å²) in [6.07, 6.45) is 4.16. The Bertz CT molecular complexity index is 315. The van der Waals surface area contributed by atoms with Crippen LogP contribution in [0, 0.1) is 6.92 Å². The van der Waals surface area contributed by atoms with Crippen LogP contribution < -0.4 is 4.90 Å². The van der Waals surface area contributed by atoms with Gasteiger partial charge in [0.1, 0.15) is 0 Å². The number of halogens is 1. The molecule has 1 rings (SSSR count). The molecule has 0 N–H and O–H groups in total. The third kappa shape index (κ3) is 3.34. The van der Waals surface area contributed by atoms with Crippen LogP contribution in [0.25, 0.3) is 0 Å². The van der Waals surface area contributed by atoms with Gasteiger partial charge in [-0.2, -0.15) is 0 Å². The zero-order chi connectivity index (χ0) is 11.3. The number of aromatic nitrogens is 2. The highest BCUT2D eigenvalue weighted by Gasteiger charge is 2.06. The van der Waals surface area contributed by atoms with E-state index in [0.717, 1.165) is 30.2 Å². The van der Waals surface area contributed by atoms with Gasteiger partial charge in [-0.15, -0.1) is 11.6 Å². The molecule has 84 valence electrons. The molecule has 0 saturated carbocycles. The minimum Gasteiger partial charge on any atom is -0.344 e. The maximum Gasteiger partial charge on any atom is 0.225 e. The van der Waals surface area contributed by atoms with Crippen molar-refractivity contribution in [1.82, 2.24) is 9.97 Å². The van der Waals surface area contributed by atoms with Gasteiger partial charge >= 0.3 is 0 Å². The minimum atomic E-state index is 0.477. The van der Waals surface area contributed by atoms with Crippen LogP contribution in [0.2, 0.25) is 0 Å². The van der Waals surface area contributed by atoms with Crippen molar-refractivity contribution in [3.63, 3.8) is 0 Å². The SMILES string of the molecule is CCCCN(C)c1ncc(CCl)c(C)n1. The van der Waals surface area contributed by atoms with Crippen LogP contribution in [0.15, 0.2) is 6.20 Å². The van der Waals surface area contributed by atoms with Gasteiger partial charge < -0.3 is 4.90 Å². The van der Waals surface area contributed by atoms with Crippen LogP contribution in [0.1, 0.15) is 31.0 Å². The lowest BCUT2D eigenvalue weighted by molar-refractivity contribution is 0.747. The van der Waals surface area contributed by atoms with Crippen LogP contribution in [0.5, 0.6) is 0 Å². The van der Waals surface area contributed by atoms with E-state index in [1.807, 2.05) is 20.2 Å². The number of aryl methyl sites for hydroxylation is 1. The van der Waals surface area contributed by atoms with Crippen LogP contribution in [-0.2, 0) is 5.88 Å². The van der Waals surface area contributed by atoms with E-state index in [2.05, 4.69) is 21.8 Å². The molecular formula is C11H18ClN3. The number of anilines is 1. The quantitative estimate of drug-likeness (QED) is 0.725. The molecule has 15 heavy (non-hydrogen) atoms. The van der Waals surface area contributed by atoms with E-state index in [4.69, 9.17) is 11.6 Å². The summed E-state index contributed by atoms with van der Waals surface area (Å²) in [4.78, 5) is 10.8. The molecule has 0 atom stereocenters. The number of nitrogens with zero attached hydrogens (tertiary/aromatic N) is 3. The Morgan fingerprint density at radius 3 is 2.73 bits per heavy atom. The number of unbranched alkanes of at least 4 members (excludes halogenated alkanes) is 1. The summed E-state index contributed by atoms with van der Waals surface area (Å²) in [5, 5.41) is 0. The summed E-state index contributed by atoms with van der Waals surface area (Å²) < 4.78 is 0. The Morgan fingerprint density at radius 2 is 2.20 bits per heavy atom. The maximum atomic E-state index is 5.75. The number of rotatable bonds is 5. The Balaban J connectivity index is 2.73. The van der Waals surface area contributed by atoms with Gasteiger partial charge in [0.15, 0.2) is 0 Å². The Kier molecular flexibility index (Phi) is 4.82. The third-order valence-electron chi connectivity index (χ3n) is 2.40. The highest BCUT2D eigenvalue weighted by atomic mass is 35.5. The van der Waals surface area contributed by atoms with Crippen molar-refractivity contribution in [3.8, 4) is 0 Å². The zero-order valence-electron chi connectivity index (χ0n) is 9.63. The van der Waals surface area contributed by atoms with Gasteiger partial charge in [0.05, 0.1) is 5.88 Å². The first-order valence-corrected chi connectivity index (χ1v) is 5.82. The van der Waals surface area contributed by atoms with Crippen LogP contribution >= 0.6 is 11.6 Å². The van der Waals surface area contributed by atoms with Gasteiger partial charge in [0, 0.05) is 31.0 Å². The van der Waals surface area contributed by atoms with Gasteiger partial charge in [-0.3, -0.25) is 0 Å². The van der Waals surface area contributed by atoms with Crippen molar-refractivity contribution in [1.29, 1.82) is 0 Å². The fourth-order valence-electron chi connectivity index (χ4n) is 1.29. The van der Waals surface area contributed by atoms with Gasteiger partial charge in [0.25, 0.3) is 0 Å². The standard InChI is InChI=1S/C11H18ClN3/c1-4-5-6-15(3)11-13-8-10(7-12)9(2)14-11/h8H,4-7H2,1-3H3. The van der Waals surface area contributed by atoms with Crippen LogP contribution in [0.3, 0.4) is 0 Å². The molecule has 0 aliphatic heterocycles. The highest BCUT2D eigenvalue weighted by Crippen LogP contribution is 2.12. The molecule has 1 heterocycles. The van der Waals surface area contributed by atoms with Crippen molar-refractivity contribution >= 4 is 17.5 Å². The topological polar surface area (TPSA) is 29.0 Å². The molecule has 0 bridgehead atoms. The normalized spacial score (nSPS) is 10.4.